The highest BCUT2D eigenvalue weighted by Gasteiger charge is 2.12. The van der Waals surface area contributed by atoms with E-state index in [1.807, 2.05) is 18.2 Å². The van der Waals surface area contributed by atoms with Gasteiger partial charge in [-0.15, -0.1) is 11.3 Å². The van der Waals surface area contributed by atoms with Crippen molar-refractivity contribution < 1.29 is 4.79 Å². The Morgan fingerprint density at radius 2 is 1.94 bits per heavy atom. The molecule has 0 aliphatic heterocycles. The number of nitrogens with two attached hydrogens (primary N) is 1. The smallest absolute Gasteiger partial charge is 0.274 e. The molecule has 0 saturated carbocycles. The Balaban J connectivity index is 1.59. The van der Waals surface area contributed by atoms with Crippen LogP contribution in [-0.2, 0) is 13.0 Å². The molecule has 0 saturated heterocycles. The van der Waals surface area contributed by atoms with E-state index in [-0.39, 0.29) is 5.91 Å². The Kier molecular flexibility index (Phi) is 8.86. The number of hydrogen-bond acceptors (Lipinski definition) is 7. The van der Waals surface area contributed by atoms with Crippen LogP contribution >= 0.6 is 11.3 Å². The fourth-order valence-electron chi connectivity index (χ4n) is 3.20. The molecule has 33 heavy (non-hydrogen) atoms. The minimum Gasteiger partial charge on any atom is -0.397 e. The van der Waals surface area contributed by atoms with Gasteiger partial charge >= 0.3 is 0 Å². The summed E-state index contributed by atoms with van der Waals surface area (Å²) < 4.78 is 0. The second kappa shape index (κ2) is 12.0. The van der Waals surface area contributed by atoms with E-state index in [4.69, 9.17) is 5.73 Å². The number of anilines is 2. The number of rotatable bonds is 12. The van der Waals surface area contributed by atoms with E-state index < -0.39 is 0 Å². The highest BCUT2D eigenvalue weighted by atomic mass is 32.1. The molecule has 7 nitrogen and oxygen atoms in total. The monoisotopic (exact) mass is 464 g/mol. The first-order chi connectivity index (χ1) is 15.9. The van der Waals surface area contributed by atoms with Crippen molar-refractivity contribution in [2.75, 3.05) is 44.8 Å². The summed E-state index contributed by atoms with van der Waals surface area (Å²) >= 11 is 1.77. The zero-order valence-corrected chi connectivity index (χ0v) is 20.1. The quantitative estimate of drug-likeness (QED) is 0.355. The maximum absolute atomic E-state index is 12.5. The third-order valence-electron chi connectivity index (χ3n) is 5.12. The van der Waals surface area contributed by atoms with Crippen LogP contribution < -0.4 is 16.4 Å². The van der Waals surface area contributed by atoms with Crippen molar-refractivity contribution in [1.82, 2.24) is 20.1 Å². The summed E-state index contributed by atoms with van der Waals surface area (Å²) in [5, 5.41) is 8.35. The average molecular weight is 465 g/mol. The van der Waals surface area contributed by atoms with Crippen LogP contribution in [0.25, 0.3) is 0 Å². The number of carbonyl (C=O) groups excluding carboxylic acids is 1. The summed E-state index contributed by atoms with van der Waals surface area (Å²) in [6.45, 7) is 7.46. The normalized spacial score (nSPS) is 10.8. The van der Waals surface area contributed by atoms with Gasteiger partial charge in [-0.2, -0.15) is 0 Å². The molecule has 0 spiro atoms. The minimum atomic E-state index is -0.288. The van der Waals surface area contributed by atoms with Crippen LogP contribution in [-0.4, -0.2) is 54.4 Å². The van der Waals surface area contributed by atoms with Gasteiger partial charge in [-0.3, -0.25) is 9.78 Å². The van der Waals surface area contributed by atoms with Gasteiger partial charge in [0, 0.05) is 37.3 Å². The molecule has 3 aromatic rings. The molecule has 3 rings (SSSR count). The third-order valence-corrected chi connectivity index (χ3v) is 6.06. The fourth-order valence-corrected chi connectivity index (χ4v) is 3.91. The number of amides is 1. The van der Waals surface area contributed by atoms with E-state index in [0.717, 1.165) is 37.4 Å². The number of aromatic nitrogens is 1. The first-order valence-corrected chi connectivity index (χ1v) is 11.8. The number of nitrogens with one attached hydrogen (secondary N) is 2. The van der Waals surface area contributed by atoms with Crippen LogP contribution in [0.1, 0.15) is 20.9 Å². The number of pyridine rings is 1. The Bertz CT molecular complexity index is 1030. The molecule has 174 valence electrons. The number of nitrogens with zero attached hydrogens (tertiary/aromatic N) is 3. The van der Waals surface area contributed by atoms with Crippen molar-refractivity contribution in [1.29, 1.82) is 0 Å². The van der Waals surface area contributed by atoms with Crippen molar-refractivity contribution >= 4 is 28.6 Å². The van der Waals surface area contributed by atoms with Crippen LogP contribution in [0, 0.1) is 0 Å². The number of carbonyl (C=O) groups is 1. The lowest BCUT2D eigenvalue weighted by molar-refractivity contribution is 0.102. The molecule has 0 bridgehead atoms. The maximum atomic E-state index is 12.5. The number of para-hydroxylation sites is 2. The van der Waals surface area contributed by atoms with Crippen LogP contribution in [0.3, 0.4) is 0 Å². The zero-order chi connectivity index (χ0) is 23.6. The average Bonchev–Trinajstić information content (AvgIpc) is 3.32. The molecule has 0 atom stereocenters. The highest BCUT2D eigenvalue weighted by molar-refractivity contribution is 7.09. The molecular weight excluding hydrogens is 432 g/mol. The molecule has 2 aromatic heterocycles. The van der Waals surface area contributed by atoms with Gasteiger partial charge in [-0.25, -0.2) is 0 Å². The predicted octanol–water partition coefficient (Wildman–Crippen LogP) is 3.64. The second-order valence-corrected chi connectivity index (χ2v) is 9.05. The SMILES string of the molecule is C=C(NCCc1cccs1)N(CCN(C)C)Cc1ccc(C(=O)Nc2ccccc2N)nc1. The van der Waals surface area contributed by atoms with Crippen LogP contribution in [0.4, 0.5) is 11.4 Å². The molecule has 2 heterocycles. The van der Waals surface area contributed by atoms with Gasteiger partial charge in [0.1, 0.15) is 5.69 Å². The Morgan fingerprint density at radius 3 is 2.61 bits per heavy atom. The summed E-state index contributed by atoms with van der Waals surface area (Å²) in [7, 11) is 4.11. The first-order valence-electron chi connectivity index (χ1n) is 10.9. The lowest BCUT2D eigenvalue weighted by Crippen LogP contribution is -2.36. The molecule has 0 aliphatic carbocycles. The highest BCUT2D eigenvalue weighted by Crippen LogP contribution is 2.18. The number of thiophene rings is 1. The molecule has 0 unspecified atom stereocenters. The topological polar surface area (TPSA) is 86.5 Å². The van der Waals surface area contributed by atoms with E-state index in [1.54, 1.807) is 35.7 Å². The van der Waals surface area contributed by atoms with Gasteiger partial charge in [0.2, 0.25) is 0 Å². The van der Waals surface area contributed by atoms with Gasteiger partial charge in [0.15, 0.2) is 0 Å². The maximum Gasteiger partial charge on any atom is 0.274 e. The van der Waals surface area contributed by atoms with Crippen molar-refractivity contribution in [3.05, 3.63) is 88.6 Å². The molecular formula is C25H32N6OS. The Hall–Kier alpha value is -3.36. The summed E-state index contributed by atoms with van der Waals surface area (Å²) in [5.41, 5.74) is 8.35. The Morgan fingerprint density at radius 1 is 1.12 bits per heavy atom. The van der Waals surface area contributed by atoms with Crippen LogP contribution in [0.5, 0.6) is 0 Å². The largest absolute Gasteiger partial charge is 0.397 e. The van der Waals surface area contributed by atoms with Crippen molar-refractivity contribution in [3.63, 3.8) is 0 Å². The van der Waals surface area contributed by atoms with Gasteiger partial charge in [-0.05, 0) is 55.7 Å². The predicted molar refractivity (Wildman–Crippen MR) is 137 cm³/mol. The van der Waals surface area contributed by atoms with Crippen LogP contribution in [0.2, 0.25) is 0 Å². The first kappa shape index (κ1) is 24.3. The van der Waals surface area contributed by atoms with Gasteiger partial charge in [0.25, 0.3) is 5.91 Å². The molecule has 1 aromatic carbocycles. The number of likely N-dealkylation sites (N-methyl/N-ethyl adjacent to an activating group) is 1. The van der Waals surface area contributed by atoms with E-state index in [1.165, 1.54) is 4.88 Å². The third kappa shape index (κ3) is 7.62. The molecule has 8 heteroatoms. The standard InChI is InChI=1S/C25H32N6OS/c1-19(27-13-12-21-7-6-16-33-21)31(15-14-30(2)3)18-20-10-11-24(28-17-20)25(32)29-23-9-5-4-8-22(23)26/h4-11,16-17,27H,1,12-15,18,26H2,2-3H3,(H,29,32). The van der Waals surface area contributed by atoms with E-state index in [9.17, 15) is 4.79 Å². The number of benzene rings is 1. The minimum absolute atomic E-state index is 0.288. The summed E-state index contributed by atoms with van der Waals surface area (Å²) in [4.78, 5) is 22.6. The van der Waals surface area contributed by atoms with E-state index in [0.29, 0.717) is 23.6 Å². The molecule has 4 N–H and O–H groups in total. The van der Waals surface area contributed by atoms with Crippen molar-refractivity contribution in [2.45, 2.75) is 13.0 Å². The summed E-state index contributed by atoms with van der Waals surface area (Å²) in [6, 6.07) is 15.0. The number of nitrogen functional groups attached to an aromatic ring is 1. The van der Waals surface area contributed by atoms with E-state index in [2.05, 4.69) is 63.6 Å². The second-order valence-electron chi connectivity index (χ2n) is 8.02. The van der Waals surface area contributed by atoms with E-state index >= 15 is 0 Å². The fraction of sp³-hybridized carbons (Fsp3) is 0.280. The Labute approximate surface area is 199 Å². The van der Waals surface area contributed by atoms with Gasteiger partial charge < -0.3 is 26.2 Å². The van der Waals surface area contributed by atoms with Crippen molar-refractivity contribution in [3.8, 4) is 0 Å². The number of hydrogen-bond donors (Lipinski definition) is 3. The lowest BCUT2D eigenvalue weighted by atomic mass is 10.2. The lowest BCUT2D eigenvalue weighted by Gasteiger charge is -2.29. The zero-order valence-electron chi connectivity index (χ0n) is 19.3. The summed E-state index contributed by atoms with van der Waals surface area (Å²) in [5.74, 6) is 0.596. The molecule has 0 fully saturated rings. The van der Waals surface area contributed by atoms with Gasteiger partial charge in [0.05, 0.1) is 17.2 Å². The molecule has 1 amide bonds. The van der Waals surface area contributed by atoms with Crippen molar-refractivity contribution in [2.24, 2.45) is 0 Å². The van der Waals surface area contributed by atoms with Gasteiger partial charge in [-0.1, -0.05) is 30.8 Å². The van der Waals surface area contributed by atoms with Crippen LogP contribution in [0.15, 0.2) is 72.5 Å². The summed E-state index contributed by atoms with van der Waals surface area (Å²) in [6.07, 6.45) is 2.71. The molecule has 0 aliphatic rings. The molecule has 0 radical (unpaired) electrons.